The summed E-state index contributed by atoms with van der Waals surface area (Å²) in [6.45, 7) is 1.55. The van der Waals surface area contributed by atoms with Crippen LogP contribution in [-0.2, 0) is 0 Å². The SMILES string of the molecule is Cc1nc(C=O)c(O)o1.[H-].[Na+]. The maximum Gasteiger partial charge on any atom is 1.00 e. The number of aromatic nitrogens is 1. The van der Waals surface area contributed by atoms with Gasteiger partial charge in [-0.05, 0) is 0 Å². The molecule has 1 aromatic rings. The van der Waals surface area contributed by atoms with E-state index in [1.807, 2.05) is 0 Å². The fraction of sp³-hybridized carbons (Fsp3) is 0.200. The normalized spacial score (nSPS) is 8.50. The minimum atomic E-state index is -0.414. The Kier molecular flexibility index (Phi) is 3.63. The van der Waals surface area contributed by atoms with Crippen molar-refractivity contribution in [2.24, 2.45) is 0 Å². The molecule has 0 unspecified atom stereocenters. The van der Waals surface area contributed by atoms with E-state index in [0.717, 1.165) is 0 Å². The van der Waals surface area contributed by atoms with E-state index in [2.05, 4.69) is 9.40 Å². The molecule has 1 N–H and O–H groups in total. The molecule has 0 fully saturated rings. The number of hydrogen-bond donors (Lipinski definition) is 1. The second-order valence-electron chi connectivity index (χ2n) is 1.54. The van der Waals surface area contributed by atoms with Gasteiger partial charge >= 0.3 is 35.5 Å². The van der Waals surface area contributed by atoms with E-state index < -0.39 is 5.95 Å². The fourth-order valence-electron chi connectivity index (χ4n) is 0.509. The van der Waals surface area contributed by atoms with Crippen LogP contribution in [0.25, 0.3) is 0 Å². The number of hydrogen-bond acceptors (Lipinski definition) is 4. The Morgan fingerprint density at radius 1 is 1.80 bits per heavy atom. The topological polar surface area (TPSA) is 63.3 Å². The van der Waals surface area contributed by atoms with Crippen LogP contribution in [0, 0.1) is 6.92 Å². The van der Waals surface area contributed by atoms with Crippen LogP contribution in [0.3, 0.4) is 0 Å². The summed E-state index contributed by atoms with van der Waals surface area (Å²) in [7, 11) is 0. The summed E-state index contributed by atoms with van der Waals surface area (Å²) in [5, 5.41) is 8.67. The Morgan fingerprint density at radius 3 is 2.60 bits per heavy atom. The second-order valence-corrected chi connectivity index (χ2v) is 1.54. The van der Waals surface area contributed by atoms with Crippen molar-refractivity contribution < 1.29 is 45.3 Å². The molecule has 0 amide bonds. The molecule has 1 heterocycles. The average Bonchev–Trinajstić information content (AvgIpc) is 2.10. The first kappa shape index (κ1) is 9.68. The molecule has 50 valence electrons. The van der Waals surface area contributed by atoms with Crippen molar-refractivity contribution in [3.8, 4) is 5.95 Å². The predicted molar refractivity (Wildman–Crippen MR) is 29.4 cm³/mol. The monoisotopic (exact) mass is 151 g/mol. The van der Waals surface area contributed by atoms with Crippen molar-refractivity contribution in [1.29, 1.82) is 0 Å². The molecule has 1 rings (SSSR count). The van der Waals surface area contributed by atoms with Gasteiger partial charge in [0.2, 0.25) is 0 Å². The number of nitrogens with zero attached hydrogens (tertiary/aromatic N) is 1. The van der Waals surface area contributed by atoms with Gasteiger partial charge in [-0.15, -0.1) is 0 Å². The summed E-state index contributed by atoms with van der Waals surface area (Å²) in [5.74, 6) is -0.128. The van der Waals surface area contributed by atoms with Crippen LogP contribution in [-0.4, -0.2) is 16.4 Å². The van der Waals surface area contributed by atoms with E-state index in [-0.39, 0.29) is 42.6 Å². The van der Waals surface area contributed by atoms with Crippen molar-refractivity contribution in [3.05, 3.63) is 11.6 Å². The number of rotatable bonds is 1. The van der Waals surface area contributed by atoms with Gasteiger partial charge in [-0.2, -0.15) is 0 Å². The molecule has 10 heavy (non-hydrogen) atoms. The van der Waals surface area contributed by atoms with Gasteiger partial charge in [0, 0.05) is 6.92 Å². The van der Waals surface area contributed by atoms with Crippen LogP contribution < -0.4 is 29.6 Å². The Labute approximate surface area is 81.0 Å². The van der Waals surface area contributed by atoms with Crippen molar-refractivity contribution in [3.63, 3.8) is 0 Å². The third-order valence-electron chi connectivity index (χ3n) is 0.853. The zero-order valence-electron chi connectivity index (χ0n) is 6.79. The van der Waals surface area contributed by atoms with E-state index in [0.29, 0.717) is 6.29 Å². The van der Waals surface area contributed by atoms with Gasteiger partial charge in [0.15, 0.2) is 17.9 Å². The van der Waals surface area contributed by atoms with Crippen LogP contribution >= 0.6 is 0 Å². The molecule has 0 aliphatic rings. The molecule has 4 nitrogen and oxygen atoms in total. The maximum absolute atomic E-state index is 9.96. The number of carbonyl (C=O) groups excluding carboxylic acids is 1. The molecule has 0 saturated carbocycles. The largest absolute Gasteiger partial charge is 1.00 e. The summed E-state index contributed by atoms with van der Waals surface area (Å²) >= 11 is 0. The zero-order valence-corrected chi connectivity index (χ0v) is 7.79. The van der Waals surface area contributed by atoms with E-state index in [1.165, 1.54) is 0 Å². The number of aryl methyl sites for hydroxylation is 1. The summed E-state index contributed by atoms with van der Waals surface area (Å²) in [4.78, 5) is 13.5. The van der Waals surface area contributed by atoms with E-state index in [1.54, 1.807) is 6.92 Å². The van der Waals surface area contributed by atoms with Crippen LogP contribution in [0.2, 0.25) is 0 Å². The molecule has 5 heteroatoms. The second kappa shape index (κ2) is 3.75. The first-order chi connectivity index (χ1) is 4.24. The first-order valence-corrected chi connectivity index (χ1v) is 2.35. The quantitative estimate of drug-likeness (QED) is 0.359. The minimum absolute atomic E-state index is 0. The Bertz CT molecular complexity index is 238. The molecular weight excluding hydrogens is 145 g/mol. The van der Waals surface area contributed by atoms with E-state index in [9.17, 15) is 4.79 Å². The van der Waals surface area contributed by atoms with Crippen molar-refractivity contribution in [1.82, 2.24) is 4.98 Å². The van der Waals surface area contributed by atoms with Gasteiger partial charge in [0.05, 0.1) is 0 Å². The number of aromatic hydroxyl groups is 1. The molecule has 0 aromatic carbocycles. The van der Waals surface area contributed by atoms with Crippen LogP contribution in [0.4, 0.5) is 0 Å². The first-order valence-electron chi connectivity index (χ1n) is 2.35. The molecule has 0 aliphatic carbocycles. The van der Waals surface area contributed by atoms with E-state index >= 15 is 0 Å². The summed E-state index contributed by atoms with van der Waals surface area (Å²) in [6, 6.07) is 0. The fourth-order valence-corrected chi connectivity index (χ4v) is 0.509. The third-order valence-corrected chi connectivity index (χ3v) is 0.853. The third kappa shape index (κ3) is 1.83. The Balaban J connectivity index is 0. The number of aldehydes is 1. The zero-order chi connectivity index (χ0) is 6.85. The van der Waals surface area contributed by atoms with Gasteiger partial charge in [0.1, 0.15) is 0 Å². The van der Waals surface area contributed by atoms with Crippen LogP contribution in [0.15, 0.2) is 4.42 Å². The molecule has 0 aliphatic heterocycles. The van der Waals surface area contributed by atoms with Gasteiger partial charge in [-0.1, -0.05) is 0 Å². The molecule has 0 bridgehead atoms. The van der Waals surface area contributed by atoms with Crippen molar-refractivity contribution in [2.75, 3.05) is 0 Å². The summed E-state index contributed by atoms with van der Waals surface area (Å²) in [5.41, 5.74) is -0.0486. The van der Waals surface area contributed by atoms with Gasteiger partial charge in [0.25, 0.3) is 0 Å². The van der Waals surface area contributed by atoms with E-state index in [4.69, 9.17) is 5.11 Å². The van der Waals surface area contributed by atoms with Gasteiger partial charge < -0.3 is 11.0 Å². The molecule has 0 spiro atoms. The van der Waals surface area contributed by atoms with Gasteiger partial charge in [-0.25, -0.2) is 4.98 Å². The molecule has 1 aromatic heterocycles. The molecular formula is C5H6NNaO3. The van der Waals surface area contributed by atoms with Crippen LogP contribution in [0.5, 0.6) is 5.95 Å². The smallest absolute Gasteiger partial charge is 1.00 e. The molecule has 0 saturated heterocycles. The van der Waals surface area contributed by atoms with Gasteiger partial charge in [-0.3, -0.25) is 4.79 Å². The minimum Gasteiger partial charge on any atom is -1.00 e. The Hall–Kier alpha value is -0.320. The predicted octanol–water partition coefficient (Wildman–Crippen LogP) is -2.38. The number of oxazole rings is 1. The Morgan fingerprint density at radius 2 is 2.40 bits per heavy atom. The standard InChI is InChI=1S/C5H5NO3.Na.H/c1-3-6-4(2-7)5(8)9-3;;/h2,8H,1H3;;/q;+1;-1. The van der Waals surface area contributed by atoms with Crippen molar-refractivity contribution >= 4 is 6.29 Å². The summed E-state index contributed by atoms with van der Waals surface area (Å²) < 4.78 is 4.52. The molecule has 0 radical (unpaired) electrons. The number of carbonyl (C=O) groups is 1. The average molecular weight is 151 g/mol. The van der Waals surface area contributed by atoms with Crippen molar-refractivity contribution in [2.45, 2.75) is 6.92 Å². The van der Waals surface area contributed by atoms with Crippen LogP contribution in [0.1, 0.15) is 17.8 Å². The summed E-state index contributed by atoms with van der Waals surface area (Å²) in [6.07, 6.45) is 0.436. The maximum atomic E-state index is 9.96. The molecule has 0 atom stereocenters.